The Balaban J connectivity index is 1.33. The fraction of sp³-hybridized carbons (Fsp3) is 0.400. The summed E-state index contributed by atoms with van der Waals surface area (Å²) in [5, 5.41) is 2.97. The highest BCUT2D eigenvalue weighted by atomic mass is 16.6. The molecule has 0 aliphatic carbocycles. The molecule has 2 amide bonds. The van der Waals surface area contributed by atoms with Gasteiger partial charge in [0.05, 0.1) is 0 Å². The molecule has 1 fully saturated rings. The minimum Gasteiger partial charge on any atom is -0.486 e. The van der Waals surface area contributed by atoms with Gasteiger partial charge in [0.15, 0.2) is 11.5 Å². The van der Waals surface area contributed by atoms with Gasteiger partial charge >= 0.3 is 6.03 Å². The second-order valence-electron chi connectivity index (χ2n) is 7.39. The molecule has 2 bridgehead atoms. The van der Waals surface area contributed by atoms with Crippen molar-refractivity contribution in [3.8, 4) is 11.5 Å². The van der Waals surface area contributed by atoms with Gasteiger partial charge in [0.25, 0.3) is 5.56 Å². The van der Waals surface area contributed by atoms with Gasteiger partial charge in [0.1, 0.15) is 13.2 Å². The standard InChI is InChI=1S/C20H21N3O4/c24-19-3-1-2-16-14-8-13(11-23(16)19)10-22(12-14)20(25)21-15-4-5-17-18(9-15)27-7-6-26-17/h1-5,9,13-14H,6-8,10-12H2,(H,21,25)/t13-,14+/m1/s1. The topological polar surface area (TPSA) is 72.8 Å². The van der Waals surface area contributed by atoms with Crippen LogP contribution < -0.4 is 20.3 Å². The molecule has 5 rings (SSSR count). The Morgan fingerprint density at radius 2 is 1.89 bits per heavy atom. The van der Waals surface area contributed by atoms with Gasteiger partial charge in [-0.15, -0.1) is 0 Å². The average Bonchev–Trinajstić information content (AvgIpc) is 2.68. The van der Waals surface area contributed by atoms with Crippen molar-refractivity contribution in [2.24, 2.45) is 5.92 Å². The van der Waals surface area contributed by atoms with E-state index in [2.05, 4.69) is 5.32 Å². The number of rotatable bonds is 1. The molecule has 7 nitrogen and oxygen atoms in total. The van der Waals surface area contributed by atoms with Crippen LogP contribution >= 0.6 is 0 Å². The van der Waals surface area contributed by atoms with Crippen LogP contribution in [0.3, 0.4) is 0 Å². The molecule has 1 aromatic carbocycles. The van der Waals surface area contributed by atoms with Crippen molar-refractivity contribution in [1.82, 2.24) is 9.47 Å². The lowest BCUT2D eigenvalue weighted by Crippen LogP contribution is -2.50. The molecule has 140 valence electrons. The van der Waals surface area contributed by atoms with E-state index in [0.29, 0.717) is 56.0 Å². The average molecular weight is 367 g/mol. The lowest BCUT2D eigenvalue weighted by molar-refractivity contribution is 0.139. The number of nitrogens with one attached hydrogen (secondary N) is 1. The maximum Gasteiger partial charge on any atom is 0.321 e. The zero-order chi connectivity index (χ0) is 18.4. The van der Waals surface area contributed by atoms with E-state index >= 15 is 0 Å². The number of nitrogens with zero attached hydrogens (tertiary/aromatic N) is 2. The summed E-state index contributed by atoms with van der Waals surface area (Å²) in [6.07, 6.45) is 1.03. The molecule has 4 heterocycles. The molecule has 3 aliphatic rings. The third kappa shape index (κ3) is 2.93. The third-order valence-electron chi connectivity index (χ3n) is 5.56. The number of amides is 2. The fourth-order valence-electron chi connectivity index (χ4n) is 4.39. The van der Waals surface area contributed by atoms with Crippen LogP contribution in [0.2, 0.25) is 0 Å². The predicted octanol–water partition coefficient (Wildman–Crippen LogP) is 2.27. The molecule has 0 radical (unpaired) electrons. The van der Waals surface area contributed by atoms with Crippen LogP contribution in [0.4, 0.5) is 10.5 Å². The van der Waals surface area contributed by atoms with Crippen LogP contribution in [0.1, 0.15) is 18.0 Å². The highest BCUT2D eigenvalue weighted by Crippen LogP contribution is 2.36. The van der Waals surface area contributed by atoms with Crippen LogP contribution in [0.5, 0.6) is 11.5 Å². The summed E-state index contributed by atoms with van der Waals surface area (Å²) in [5.74, 6) is 1.87. The maximum atomic E-state index is 12.8. The number of anilines is 1. The van der Waals surface area contributed by atoms with E-state index in [0.717, 1.165) is 12.1 Å². The molecule has 1 N–H and O–H groups in total. The van der Waals surface area contributed by atoms with Crippen molar-refractivity contribution in [2.75, 3.05) is 31.6 Å². The van der Waals surface area contributed by atoms with Crippen LogP contribution in [0.15, 0.2) is 41.2 Å². The van der Waals surface area contributed by atoms with Crippen molar-refractivity contribution < 1.29 is 14.3 Å². The SMILES string of the molecule is O=C(Nc1ccc2c(c1)OCCO2)N1C[C@H]2C[C@@H](C1)c1cccc(=O)n1C2. The summed E-state index contributed by atoms with van der Waals surface area (Å²) in [7, 11) is 0. The minimum atomic E-state index is -0.117. The van der Waals surface area contributed by atoms with Crippen molar-refractivity contribution in [3.05, 3.63) is 52.4 Å². The zero-order valence-electron chi connectivity index (χ0n) is 14.9. The quantitative estimate of drug-likeness (QED) is 0.839. The number of urea groups is 1. The summed E-state index contributed by atoms with van der Waals surface area (Å²) < 4.78 is 13.0. The van der Waals surface area contributed by atoms with Gasteiger partial charge in [0.2, 0.25) is 0 Å². The van der Waals surface area contributed by atoms with E-state index in [1.807, 2.05) is 33.7 Å². The van der Waals surface area contributed by atoms with Crippen molar-refractivity contribution in [1.29, 1.82) is 0 Å². The number of carbonyl (C=O) groups excluding carboxylic acids is 1. The molecule has 7 heteroatoms. The number of pyridine rings is 1. The van der Waals surface area contributed by atoms with Crippen molar-refractivity contribution in [3.63, 3.8) is 0 Å². The highest BCUT2D eigenvalue weighted by Gasteiger charge is 2.36. The Morgan fingerprint density at radius 3 is 2.78 bits per heavy atom. The Bertz CT molecular complexity index is 954. The van der Waals surface area contributed by atoms with Crippen LogP contribution in [-0.4, -0.2) is 41.8 Å². The van der Waals surface area contributed by atoms with Gasteiger partial charge in [-0.05, 0) is 30.5 Å². The monoisotopic (exact) mass is 367 g/mol. The number of fused-ring (bicyclic) bond motifs is 5. The zero-order valence-corrected chi connectivity index (χ0v) is 14.9. The smallest absolute Gasteiger partial charge is 0.321 e. The summed E-state index contributed by atoms with van der Waals surface area (Å²) in [6.45, 7) is 3.02. The van der Waals surface area contributed by atoms with E-state index in [1.54, 1.807) is 12.1 Å². The van der Waals surface area contributed by atoms with E-state index in [4.69, 9.17) is 9.47 Å². The molecule has 3 aliphatic heterocycles. The molecular formula is C20H21N3O4. The summed E-state index contributed by atoms with van der Waals surface area (Å²) in [6, 6.07) is 10.7. The molecule has 2 atom stereocenters. The lowest BCUT2D eigenvalue weighted by atomic mass is 9.83. The molecule has 2 aromatic rings. The Hall–Kier alpha value is -2.96. The number of ether oxygens (including phenoxy) is 2. The van der Waals surface area contributed by atoms with Gasteiger partial charge in [-0.2, -0.15) is 0 Å². The largest absolute Gasteiger partial charge is 0.486 e. The lowest BCUT2D eigenvalue weighted by Gasteiger charge is -2.42. The number of likely N-dealkylation sites (tertiary alicyclic amines) is 1. The van der Waals surface area contributed by atoms with E-state index in [1.165, 1.54) is 0 Å². The number of hydrogen-bond donors (Lipinski definition) is 1. The third-order valence-corrected chi connectivity index (χ3v) is 5.56. The first-order chi connectivity index (χ1) is 13.2. The van der Waals surface area contributed by atoms with Crippen LogP contribution in [0.25, 0.3) is 0 Å². The van der Waals surface area contributed by atoms with Crippen molar-refractivity contribution >= 4 is 11.7 Å². The van der Waals surface area contributed by atoms with Crippen LogP contribution in [0, 0.1) is 5.92 Å². The van der Waals surface area contributed by atoms with Crippen LogP contribution in [-0.2, 0) is 6.54 Å². The van der Waals surface area contributed by atoms with Gasteiger partial charge in [-0.25, -0.2) is 4.79 Å². The molecule has 1 aromatic heterocycles. The summed E-state index contributed by atoms with van der Waals surface area (Å²) >= 11 is 0. The Labute approximate surface area is 156 Å². The highest BCUT2D eigenvalue weighted by molar-refractivity contribution is 5.90. The van der Waals surface area contributed by atoms with E-state index < -0.39 is 0 Å². The number of carbonyl (C=O) groups is 1. The first-order valence-electron chi connectivity index (χ1n) is 9.33. The van der Waals surface area contributed by atoms with E-state index in [-0.39, 0.29) is 17.5 Å². The van der Waals surface area contributed by atoms with Crippen molar-refractivity contribution in [2.45, 2.75) is 18.9 Å². The number of piperidine rings is 1. The molecular weight excluding hydrogens is 346 g/mol. The number of hydrogen-bond acceptors (Lipinski definition) is 4. The number of benzene rings is 1. The first kappa shape index (κ1) is 16.2. The fourth-order valence-corrected chi connectivity index (χ4v) is 4.39. The number of aromatic nitrogens is 1. The second-order valence-corrected chi connectivity index (χ2v) is 7.39. The minimum absolute atomic E-state index is 0.0522. The second kappa shape index (κ2) is 6.33. The summed E-state index contributed by atoms with van der Waals surface area (Å²) in [5.41, 5.74) is 1.78. The molecule has 0 spiro atoms. The predicted molar refractivity (Wildman–Crippen MR) is 99.6 cm³/mol. The van der Waals surface area contributed by atoms with Gasteiger partial charge in [-0.3, -0.25) is 4.79 Å². The molecule has 27 heavy (non-hydrogen) atoms. The maximum absolute atomic E-state index is 12.8. The summed E-state index contributed by atoms with van der Waals surface area (Å²) in [4.78, 5) is 26.8. The Kier molecular flexibility index (Phi) is 3.81. The molecule has 1 saturated heterocycles. The van der Waals surface area contributed by atoms with E-state index in [9.17, 15) is 9.59 Å². The Morgan fingerprint density at radius 1 is 1.04 bits per heavy atom. The first-order valence-corrected chi connectivity index (χ1v) is 9.33. The molecule has 0 unspecified atom stereocenters. The molecule has 0 saturated carbocycles. The van der Waals surface area contributed by atoms with Gasteiger partial charge in [0, 0.05) is 49.1 Å². The van der Waals surface area contributed by atoms with Gasteiger partial charge in [-0.1, -0.05) is 6.07 Å². The normalized spacial score (nSPS) is 22.7. The van der Waals surface area contributed by atoms with Gasteiger partial charge < -0.3 is 24.3 Å².